The predicted molar refractivity (Wildman–Crippen MR) is 32.1 cm³/mol. The van der Waals surface area contributed by atoms with E-state index in [1.54, 1.807) is 6.20 Å². The number of hydrazine groups is 1. The van der Waals surface area contributed by atoms with Crippen molar-refractivity contribution in [2.45, 2.75) is 13.0 Å². The lowest BCUT2D eigenvalue weighted by molar-refractivity contribution is 0.585. The van der Waals surface area contributed by atoms with Gasteiger partial charge in [-0.25, -0.2) is 0 Å². The summed E-state index contributed by atoms with van der Waals surface area (Å²) in [4.78, 5) is 0. The van der Waals surface area contributed by atoms with Crippen molar-refractivity contribution < 1.29 is 0 Å². The van der Waals surface area contributed by atoms with Crippen LogP contribution in [-0.4, -0.2) is 15.4 Å². The van der Waals surface area contributed by atoms with Gasteiger partial charge in [0.2, 0.25) is 0 Å². The second kappa shape index (κ2) is 2.56. The van der Waals surface area contributed by atoms with Gasteiger partial charge in [-0.2, -0.15) is 15.4 Å². The summed E-state index contributed by atoms with van der Waals surface area (Å²) < 4.78 is 0. The molecule has 0 aliphatic heterocycles. The maximum Gasteiger partial charge on any atom is 0.100 e. The average Bonchev–Trinajstić information content (AvgIpc) is 2.37. The summed E-state index contributed by atoms with van der Waals surface area (Å²) in [7, 11) is 0. The van der Waals surface area contributed by atoms with Crippen LogP contribution >= 0.6 is 0 Å². The minimum atomic E-state index is 0.0590. The van der Waals surface area contributed by atoms with Crippen molar-refractivity contribution in [2.75, 3.05) is 0 Å². The van der Waals surface area contributed by atoms with Crippen LogP contribution in [-0.2, 0) is 0 Å². The number of aromatic nitrogens is 3. The van der Waals surface area contributed by atoms with Gasteiger partial charge in [-0.1, -0.05) is 0 Å². The molecular weight excluding hydrogens is 118 g/mol. The van der Waals surface area contributed by atoms with E-state index in [4.69, 9.17) is 5.84 Å². The first kappa shape index (κ1) is 6.18. The Labute approximate surface area is 52.6 Å². The fourth-order valence-corrected chi connectivity index (χ4v) is 0.504. The van der Waals surface area contributed by atoms with Crippen LogP contribution in [0.3, 0.4) is 0 Å². The Morgan fingerprint density at radius 2 is 2.67 bits per heavy atom. The molecule has 0 aliphatic carbocycles. The molecule has 9 heavy (non-hydrogen) atoms. The van der Waals surface area contributed by atoms with Gasteiger partial charge in [0.15, 0.2) is 0 Å². The molecule has 0 aromatic carbocycles. The average molecular weight is 127 g/mol. The van der Waals surface area contributed by atoms with Crippen LogP contribution in [0, 0.1) is 0 Å². The first-order valence-electron chi connectivity index (χ1n) is 2.66. The predicted octanol–water partition coefficient (Wildman–Crippen LogP) is -0.671. The third-order valence-electron chi connectivity index (χ3n) is 1.13. The maximum absolute atomic E-state index is 5.13. The summed E-state index contributed by atoms with van der Waals surface area (Å²) in [6, 6.07) is 0.0590. The smallest absolute Gasteiger partial charge is 0.100 e. The Morgan fingerprint density at radius 1 is 1.89 bits per heavy atom. The Morgan fingerprint density at radius 3 is 3.11 bits per heavy atom. The summed E-state index contributed by atoms with van der Waals surface area (Å²) in [6.07, 6.45) is 1.63. The topological polar surface area (TPSA) is 79.6 Å². The molecule has 50 valence electrons. The molecule has 1 aromatic heterocycles. The molecule has 1 aromatic rings. The fourth-order valence-electron chi connectivity index (χ4n) is 0.504. The van der Waals surface area contributed by atoms with Crippen LogP contribution in [0.25, 0.3) is 0 Å². The van der Waals surface area contributed by atoms with E-state index in [0.717, 1.165) is 5.69 Å². The molecule has 1 atom stereocenters. The van der Waals surface area contributed by atoms with Gasteiger partial charge in [0.05, 0.1) is 12.2 Å². The van der Waals surface area contributed by atoms with Crippen LogP contribution in [0.5, 0.6) is 0 Å². The highest BCUT2D eigenvalue weighted by Gasteiger charge is 2.03. The molecule has 0 saturated carbocycles. The van der Waals surface area contributed by atoms with Gasteiger partial charge in [0.1, 0.15) is 5.69 Å². The van der Waals surface area contributed by atoms with E-state index in [1.165, 1.54) is 0 Å². The summed E-state index contributed by atoms with van der Waals surface area (Å²) in [5, 5.41) is 9.92. The van der Waals surface area contributed by atoms with E-state index in [1.807, 2.05) is 6.92 Å². The van der Waals surface area contributed by atoms with E-state index < -0.39 is 0 Å². The zero-order chi connectivity index (χ0) is 6.69. The molecule has 0 spiro atoms. The zero-order valence-corrected chi connectivity index (χ0v) is 5.13. The van der Waals surface area contributed by atoms with Gasteiger partial charge in [-0.05, 0) is 6.92 Å². The quantitative estimate of drug-likeness (QED) is 0.363. The number of nitrogens with two attached hydrogens (primary N) is 1. The third kappa shape index (κ3) is 1.24. The number of nitrogens with one attached hydrogen (secondary N) is 2. The highest BCUT2D eigenvalue weighted by molar-refractivity contribution is 4.96. The van der Waals surface area contributed by atoms with Crippen molar-refractivity contribution in [2.24, 2.45) is 5.84 Å². The number of nitrogens with zero attached hydrogens (tertiary/aromatic N) is 2. The Bertz CT molecular complexity index is 157. The summed E-state index contributed by atoms with van der Waals surface area (Å²) in [5.41, 5.74) is 3.36. The van der Waals surface area contributed by atoms with Crippen molar-refractivity contribution in [3.8, 4) is 0 Å². The van der Waals surface area contributed by atoms with E-state index in [0.29, 0.717) is 0 Å². The third-order valence-corrected chi connectivity index (χ3v) is 1.13. The lowest BCUT2D eigenvalue weighted by Gasteiger charge is -2.02. The first-order chi connectivity index (χ1) is 4.34. The summed E-state index contributed by atoms with van der Waals surface area (Å²) in [6.45, 7) is 1.90. The van der Waals surface area contributed by atoms with Crippen molar-refractivity contribution >= 4 is 0 Å². The number of hydrogen-bond donors (Lipinski definition) is 3. The molecule has 0 fully saturated rings. The minimum Gasteiger partial charge on any atom is -0.271 e. The molecule has 0 bridgehead atoms. The van der Waals surface area contributed by atoms with Crippen LogP contribution in [0.2, 0.25) is 0 Å². The maximum atomic E-state index is 5.13. The van der Waals surface area contributed by atoms with Gasteiger partial charge in [-0.15, -0.1) is 0 Å². The summed E-state index contributed by atoms with van der Waals surface area (Å²) >= 11 is 0. The van der Waals surface area contributed by atoms with Crippen LogP contribution in [0.15, 0.2) is 6.20 Å². The van der Waals surface area contributed by atoms with Crippen molar-refractivity contribution in [3.63, 3.8) is 0 Å². The van der Waals surface area contributed by atoms with Gasteiger partial charge < -0.3 is 0 Å². The zero-order valence-electron chi connectivity index (χ0n) is 5.13. The normalized spacial score (nSPS) is 13.6. The molecule has 0 saturated heterocycles. The van der Waals surface area contributed by atoms with Gasteiger partial charge in [0.25, 0.3) is 0 Å². The highest BCUT2D eigenvalue weighted by atomic mass is 15.3. The molecule has 0 amide bonds. The fraction of sp³-hybridized carbons (Fsp3) is 0.500. The van der Waals surface area contributed by atoms with E-state index in [-0.39, 0.29) is 6.04 Å². The van der Waals surface area contributed by atoms with Crippen molar-refractivity contribution in [1.82, 2.24) is 20.8 Å². The van der Waals surface area contributed by atoms with Crippen LogP contribution in [0.1, 0.15) is 18.7 Å². The number of aromatic amines is 1. The Balaban J connectivity index is 2.65. The summed E-state index contributed by atoms with van der Waals surface area (Å²) in [5.74, 6) is 5.13. The SMILES string of the molecule is CC(NN)c1cn[nH]n1. The number of hydrogen-bond acceptors (Lipinski definition) is 4. The van der Waals surface area contributed by atoms with Gasteiger partial charge in [-0.3, -0.25) is 11.3 Å². The van der Waals surface area contributed by atoms with E-state index in [9.17, 15) is 0 Å². The van der Waals surface area contributed by atoms with Gasteiger partial charge in [0, 0.05) is 0 Å². The molecule has 5 nitrogen and oxygen atoms in total. The second-order valence-corrected chi connectivity index (χ2v) is 1.78. The van der Waals surface area contributed by atoms with E-state index in [2.05, 4.69) is 20.8 Å². The van der Waals surface area contributed by atoms with Crippen molar-refractivity contribution in [3.05, 3.63) is 11.9 Å². The van der Waals surface area contributed by atoms with Crippen molar-refractivity contribution in [1.29, 1.82) is 0 Å². The lowest BCUT2D eigenvalue weighted by Crippen LogP contribution is -2.25. The lowest BCUT2D eigenvalue weighted by atomic mass is 10.3. The van der Waals surface area contributed by atoms with Gasteiger partial charge >= 0.3 is 0 Å². The van der Waals surface area contributed by atoms with Crippen LogP contribution < -0.4 is 11.3 Å². The van der Waals surface area contributed by atoms with Crippen LogP contribution in [0.4, 0.5) is 0 Å². The Kier molecular flexibility index (Phi) is 1.76. The molecule has 0 radical (unpaired) electrons. The second-order valence-electron chi connectivity index (χ2n) is 1.78. The number of rotatable bonds is 2. The van der Waals surface area contributed by atoms with E-state index >= 15 is 0 Å². The molecule has 1 unspecified atom stereocenters. The standard InChI is InChI=1S/C4H9N5/c1-3(7-5)4-2-6-9-8-4/h2-3,7H,5H2,1H3,(H,6,8,9). The monoisotopic (exact) mass is 127 g/mol. The largest absolute Gasteiger partial charge is 0.271 e. The first-order valence-corrected chi connectivity index (χ1v) is 2.66. The molecule has 4 N–H and O–H groups in total. The minimum absolute atomic E-state index is 0.0590. The molecule has 0 aliphatic rings. The Hall–Kier alpha value is -0.940. The molecule has 5 heteroatoms. The molecule has 1 rings (SSSR count). The molecule has 1 heterocycles. The highest BCUT2D eigenvalue weighted by Crippen LogP contribution is 2.02. The molecular formula is C4H9N5. The number of H-pyrrole nitrogens is 1.